The highest BCUT2D eigenvalue weighted by atomic mass is 16.5. The SMILES string of the molecule is CC/C(=C\c1ccccc1)[C@@H]1C[C@H]1N[C@H]1CC[C@H](NCC2(CO)COC2)CC1. The topological polar surface area (TPSA) is 53.5 Å². The molecule has 0 aromatic heterocycles. The molecule has 4 rings (SSSR count). The maximum absolute atomic E-state index is 9.56. The van der Waals surface area contributed by atoms with E-state index in [2.05, 4.69) is 54.0 Å². The van der Waals surface area contributed by atoms with E-state index in [4.69, 9.17) is 4.74 Å². The molecule has 0 amide bonds. The summed E-state index contributed by atoms with van der Waals surface area (Å²) in [6.07, 6.45) is 9.82. The van der Waals surface area contributed by atoms with Gasteiger partial charge in [0, 0.05) is 24.7 Å². The molecule has 0 radical (unpaired) electrons. The molecule has 1 aliphatic heterocycles. The zero-order valence-corrected chi connectivity index (χ0v) is 17.2. The Hall–Kier alpha value is -1.20. The normalized spacial score (nSPS) is 32.0. The van der Waals surface area contributed by atoms with Crippen molar-refractivity contribution in [3.63, 3.8) is 0 Å². The van der Waals surface area contributed by atoms with E-state index in [0.29, 0.717) is 31.3 Å². The fourth-order valence-corrected chi connectivity index (χ4v) is 4.79. The van der Waals surface area contributed by atoms with Crippen LogP contribution in [-0.4, -0.2) is 49.6 Å². The summed E-state index contributed by atoms with van der Waals surface area (Å²) in [6.45, 7) is 4.81. The third-order valence-electron chi connectivity index (χ3n) is 6.92. The van der Waals surface area contributed by atoms with Gasteiger partial charge in [-0.3, -0.25) is 0 Å². The molecule has 4 nitrogen and oxygen atoms in total. The van der Waals surface area contributed by atoms with E-state index >= 15 is 0 Å². The highest BCUT2D eigenvalue weighted by Gasteiger charge is 2.41. The first-order valence-corrected chi connectivity index (χ1v) is 11.1. The molecular weight excluding hydrogens is 348 g/mol. The van der Waals surface area contributed by atoms with Crippen molar-refractivity contribution >= 4 is 6.08 Å². The van der Waals surface area contributed by atoms with Crippen LogP contribution in [0.4, 0.5) is 0 Å². The van der Waals surface area contributed by atoms with Crippen molar-refractivity contribution in [2.45, 2.75) is 63.6 Å². The van der Waals surface area contributed by atoms with Crippen molar-refractivity contribution < 1.29 is 9.84 Å². The van der Waals surface area contributed by atoms with Gasteiger partial charge >= 0.3 is 0 Å². The van der Waals surface area contributed by atoms with Crippen LogP contribution in [0.15, 0.2) is 35.9 Å². The molecule has 2 atom stereocenters. The number of hydrogen-bond acceptors (Lipinski definition) is 4. The van der Waals surface area contributed by atoms with Gasteiger partial charge in [-0.1, -0.05) is 48.9 Å². The van der Waals surface area contributed by atoms with Crippen molar-refractivity contribution in [3.05, 3.63) is 41.5 Å². The molecule has 1 aromatic rings. The monoisotopic (exact) mass is 384 g/mol. The van der Waals surface area contributed by atoms with Crippen LogP contribution in [0.25, 0.3) is 6.08 Å². The molecule has 1 saturated heterocycles. The Bertz CT molecular complexity index is 642. The van der Waals surface area contributed by atoms with Crippen molar-refractivity contribution in [3.8, 4) is 0 Å². The highest BCUT2D eigenvalue weighted by Crippen LogP contribution is 2.40. The number of rotatable bonds is 9. The van der Waals surface area contributed by atoms with E-state index in [1.54, 1.807) is 5.57 Å². The van der Waals surface area contributed by atoms with Gasteiger partial charge in [0.05, 0.1) is 25.2 Å². The van der Waals surface area contributed by atoms with Crippen molar-refractivity contribution in [2.75, 3.05) is 26.4 Å². The van der Waals surface area contributed by atoms with Crippen LogP contribution in [0.5, 0.6) is 0 Å². The number of ether oxygens (including phenoxy) is 1. The van der Waals surface area contributed by atoms with Gasteiger partial charge in [-0.05, 0) is 50.0 Å². The van der Waals surface area contributed by atoms with E-state index in [9.17, 15) is 5.11 Å². The van der Waals surface area contributed by atoms with Crippen LogP contribution in [0.3, 0.4) is 0 Å². The van der Waals surface area contributed by atoms with E-state index < -0.39 is 0 Å². The Kier molecular flexibility index (Phi) is 6.52. The van der Waals surface area contributed by atoms with E-state index in [1.807, 2.05) is 0 Å². The molecule has 0 unspecified atom stereocenters. The Labute approximate surface area is 169 Å². The number of benzene rings is 1. The van der Waals surface area contributed by atoms with Gasteiger partial charge in [0.2, 0.25) is 0 Å². The lowest BCUT2D eigenvalue weighted by Gasteiger charge is -2.41. The molecule has 4 heteroatoms. The zero-order chi connectivity index (χ0) is 19.4. The molecule has 1 heterocycles. The third-order valence-corrected chi connectivity index (χ3v) is 6.92. The lowest BCUT2D eigenvalue weighted by Crippen LogP contribution is -2.54. The lowest BCUT2D eigenvalue weighted by molar-refractivity contribution is -0.135. The van der Waals surface area contributed by atoms with Crippen molar-refractivity contribution in [1.29, 1.82) is 0 Å². The first kappa shape index (κ1) is 20.1. The number of hydrogen-bond donors (Lipinski definition) is 3. The van der Waals surface area contributed by atoms with Gasteiger partial charge in [0.15, 0.2) is 0 Å². The van der Waals surface area contributed by atoms with E-state index in [-0.39, 0.29) is 12.0 Å². The Morgan fingerprint density at radius 3 is 2.46 bits per heavy atom. The van der Waals surface area contributed by atoms with Crippen LogP contribution >= 0.6 is 0 Å². The summed E-state index contributed by atoms with van der Waals surface area (Å²) in [5, 5.41) is 17.2. The third kappa shape index (κ3) is 4.85. The minimum Gasteiger partial charge on any atom is -0.396 e. The minimum atomic E-state index is -0.0159. The second kappa shape index (κ2) is 9.08. The maximum atomic E-state index is 9.56. The minimum absolute atomic E-state index is 0.0159. The maximum Gasteiger partial charge on any atom is 0.0579 e. The molecule has 1 aromatic carbocycles. The Balaban J connectivity index is 1.19. The first-order valence-electron chi connectivity index (χ1n) is 11.1. The molecule has 154 valence electrons. The van der Waals surface area contributed by atoms with Gasteiger partial charge in [-0.15, -0.1) is 0 Å². The van der Waals surface area contributed by atoms with Gasteiger partial charge < -0.3 is 20.5 Å². The summed E-state index contributed by atoms with van der Waals surface area (Å²) in [6, 6.07) is 12.7. The predicted octanol–water partition coefficient (Wildman–Crippen LogP) is 3.37. The summed E-state index contributed by atoms with van der Waals surface area (Å²) in [7, 11) is 0. The van der Waals surface area contributed by atoms with E-state index in [0.717, 1.165) is 18.9 Å². The van der Waals surface area contributed by atoms with Crippen LogP contribution in [0.2, 0.25) is 0 Å². The summed E-state index contributed by atoms with van der Waals surface area (Å²) >= 11 is 0. The lowest BCUT2D eigenvalue weighted by atomic mass is 9.85. The molecule has 28 heavy (non-hydrogen) atoms. The van der Waals surface area contributed by atoms with Gasteiger partial charge in [-0.2, -0.15) is 0 Å². The molecular formula is C24H36N2O2. The number of aliphatic hydroxyl groups excluding tert-OH is 1. The van der Waals surface area contributed by atoms with Crippen molar-refractivity contribution in [1.82, 2.24) is 10.6 Å². The Morgan fingerprint density at radius 2 is 1.86 bits per heavy atom. The molecule has 2 aliphatic carbocycles. The van der Waals surface area contributed by atoms with Crippen LogP contribution in [0, 0.1) is 11.3 Å². The van der Waals surface area contributed by atoms with Crippen molar-refractivity contribution in [2.24, 2.45) is 11.3 Å². The van der Waals surface area contributed by atoms with Gasteiger partial charge in [-0.25, -0.2) is 0 Å². The quantitative estimate of drug-likeness (QED) is 0.611. The highest BCUT2D eigenvalue weighted by molar-refractivity contribution is 5.54. The zero-order valence-electron chi connectivity index (χ0n) is 17.2. The summed E-state index contributed by atoms with van der Waals surface area (Å²) < 4.78 is 5.30. The predicted molar refractivity (Wildman–Crippen MR) is 114 cm³/mol. The molecule has 2 saturated carbocycles. The standard InChI is InChI=1S/C24H36N2O2/c1-2-19(12-18-6-4-3-5-7-18)22-13-23(22)26-21-10-8-20(9-11-21)25-14-24(15-27)16-28-17-24/h3-7,12,20-23,25-27H,2,8-11,13-17H2,1H3/b19-12+/t20-,21-,22-,23+/m0/s1. The average molecular weight is 385 g/mol. The number of aliphatic hydroxyl groups is 1. The van der Waals surface area contributed by atoms with Crippen LogP contribution in [0.1, 0.15) is 51.0 Å². The summed E-state index contributed by atoms with van der Waals surface area (Å²) in [5.41, 5.74) is 2.91. The van der Waals surface area contributed by atoms with Gasteiger partial charge in [0.1, 0.15) is 0 Å². The molecule has 3 fully saturated rings. The van der Waals surface area contributed by atoms with Gasteiger partial charge in [0.25, 0.3) is 0 Å². The second-order valence-electron chi connectivity index (χ2n) is 9.18. The summed E-state index contributed by atoms with van der Waals surface area (Å²) in [4.78, 5) is 0. The molecule has 3 N–H and O–H groups in total. The van der Waals surface area contributed by atoms with Crippen LogP contribution in [-0.2, 0) is 4.74 Å². The largest absolute Gasteiger partial charge is 0.396 e. The average Bonchev–Trinajstić information content (AvgIpc) is 3.46. The smallest absolute Gasteiger partial charge is 0.0579 e. The number of nitrogens with one attached hydrogen (secondary N) is 2. The Morgan fingerprint density at radius 1 is 1.14 bits per heavy atom. The molecule has 0 bridgehead atoms. The second-order valence-corrected chi connectivity index (χ2v) is 9.18. The van der Waals surface area contributed by atoms with E-state index in [1.165, 1.54) is 37.7 Å². The molecule has 3 aliphatic rings. The molecule has 0 spiro atoms. The fraction of sp³-hybridized carbons (Fsp3) is 0.667. The summed E-state index contributed by atoms with van der Waals surface area (Å²) in [5.74, 6) is 0.726. The van der Waals surface area contributed by atoms with Crippen LogP contribution < -0.4 is 10.6 Å². The fourth-order valence-electron chi connectivity index (χ4n) is 4.79. The first-order chi connectivity index (χ1) is 13.7.